The summed E-state index contributed by atoms with van der Waals surface area (Å²) in [6.45, 7) is 5.10. The molecule has 6 atom stereocenters. The second-order valence-corrected chi connectivity index (χ2v) is 17.0. The summed E-state index contributed by atoms with van der Waals surface area (Å²) in [7, 11) is 0. The highest BCUT2D eigenvalue weighted by atomic mass is 16.4. The Kier molecular flexibility index (Phi) is 30.7. The Morgan fingerprint density at radius 3 is 1.53 bits per heavy atom. The lowest BCUT2D eigenvalue weighted by atomic mass is 10.0. The first-order valence-electron chi connectivity index (χ1n) is 23.7. The zero-order valence-corrected chi connectivity index (χ0v) is 39.2. The maximum absolute atomic E-state index is 13.7. The first-order chi connectivity index (χ1) is 31.4. The van der Waals surface area contributed by atoms with Crippen molar-refractivity contribution in [1.29, 1.82) is 0 Å². The van der Waals surface area contributed by atoms with E-state index in [4.69, 9.17) is 5.73 Å². The topological polar surface area (TPSA) is 313 Å². The number of hydrogen-bond acceptors (Lipinski definition) is 10. The number of benzene rings is 1. The lowest BCUT2D eigenvalue weighted by Crippen LogP contribution is -2.58. The Morgan fingerprint density at radius 2 is 1.00 bits per heavy atom. The van der Waals surface area contributed by atoms with Crippen LogP contribution in [0.2, 0.25) is 0 Å². The zero-order valence-electron chi connectivity index (χ0n) is 39.2. The van der Waals surface area contributed by atoms with E-state index in [1.54, 1.807) is 30.3 Å². The predicted octanol–water partition coefficient (Wildman–Crippen LogP) is 3.60. The van der Waals surface area contributed by atoms with Gasteiger partial charge in [-0.15, -0.1) is 0 Å². The van der Waals surface area contributed by atoms with Crippen LogP contribution in [0.3, 0.4) is 0 Å². The Morgan fingerprint density at radius 1 is 0.500 bits per heavy atom. The minimum absolute atomic E-state index is 0.0488. The molecule has 0 aliphatic carbocycles. The molecule has 0 saturated carbocycles. The van der Waals surface area contributed by atoms with Crippen molar-refractivity contribution in [3.8, 4) is 0 Å². The number of hydrogen-bond donors (Lipinski definition) is 10. The van der Waals surface area contributed by atoms with Crippen LogP contribution in [-0.2, 0) is 49.6 Å². The molecule has 0 aliphatic rings. The Balaban J connectivity index is 2.75. The molecule has 0 aliphatic heterocycles. The number of carbonyl (C=O) groups is 9. The van der Waals surface area contributed by atoms with Crippen molar-refractivity contribution in [2.24, 2.45) is 5.73 Å². The van der Waals surface area contributed by atoms with Crippen LogP contribution in [0.25, 0.3) is 0 Å². The normalized spacial score (nSPS) is 13.7. The predicted molar refractivity (Wildman–Crippen MR) is 248 cm³/mol. The van der Waals surface area contributed by atoms with Crippen LogP contribution in [0.15, 0.2) is 30.3 Å². The van der Waals surface area contributed by atoms with E-state index < -0.39 is 96.5 Å². The number of rotatable bonds is 38. The molecule has 1 aromatic carbocycles. The van der Waals surface area contributed by atoms with Gasteiger partial charge < -0.3 is 53.0 Å². The third kappa shape index (κ3) is 27.7. The molecule has 6 amide bonds. The number of carboxylic acid groups (broad SMARTS) is 3. The quantitative estimate of drug-likeness (QED) is 0.0425. The highest BCUT2D eigenvalue weighted by Crippen LogP contribution is 2.14. The van der Waals surface area contributed by atoms with Gasteiger partial charge in [0.15, 0.2) is 0 Å². The van der Waals surface area contributed by atoms with Gasteiger partial charge in [-0.2, -0.15) is 0 Å². The van der Waals surface area contributed by atoms with Gasteiger partial charge in [0.1, 0.15) is 30.2 Å². The summed E-state index contributed by atoms with van der Waals surface area (Å²) in [6.07, 6.45) is 14.3. The smallest absolute Gasteiger partial charge is 0.326 e. The van der Waals surface area contributed by atoms with Crippen LogP contribution >= 0.6 is 0 Å². The molecule has 0 bridgehead atoms. The monoisotopic (exact) mass is 932 g/mol. The molecule has 0 aromatic heterocycles. The minimum Gasteiger partial charge on any atom is -0.481 e. The molecule has 372 valence electrons. The van der Waals surface area contributed by atoms with Gasteiger partial charge >= 0.3 is 17.9 Å². The van der Waals surface area contributed by atoms with Gasteiger partial charge in [-0.1, -0.05) is 114 Å². The molecule has 1 aromatic rings. The van der Waals surface area contributed by atoms with Crippen molar-refractivity contribution < 1.29 is 58.5 Å². The lowest BCUT2D eigenvalue weighted by Gasteiger charge is -2.25. The van der Waals surface area contributed by atoms with Gasteiger partial charge in [-0.05, 0) is 57.9 Å². The van der Waals surface area contributed by atoms with Gasteiger partial charge in [0.2, 0.25) is 35.4 Å². The van der Waals surface area contributed by atoms with E-state index in [1.807, 2.05) is 0 Å². The molecular weight excluding hydrogens is 855 g/mol. The van der Waals surface area contributed by atoms with E-state index in [0.29, 0.717) is 12.0 Å². The number of amides is 6. The molecule has 66 heavy (non-hydrogen) atoms. The Bertz CT molecular complexity index is 1660. The molecule has 19 heteroatoms. The highest BCUT2D eigenvalue weighted by molar-refractivity contribution is 5.95. The van der Waals surface area contributed by atoms with Crippen molar-refractivity contribution in [1.82, 2.24) is 31.9 Å². The van der Waals surface area contributed by atoms with Gasteiger partial charge in [-0.25, -0.2) is 9.59 Å². The van der Waals surface area contributed by atoms with Crippen molar-refractivity contribution >= 4 is 53.4 Å². The van der Waals surface area contributed by atoms with E-state index >= 15 is 0 Å². The molecule has 0 fully saturated rings. The van der Waals surface area contributed by atoms with Gasteiger partial charge in [0.05, 0.1) is 6.04 Å². The van der Waals surface area contributed by atoms with Crippen LogP contribution in [0.1, 0.15) is 161 Å². The summed E-state index contributed by atoms with van der Waals surface area (Å²) in [5.74, 6) is -8.01. The summed E-state index contributed by atoms with van der Waals surface area (Å²) in [5, 5.41) is 43.8. The fraction of sp³-hybridized carbons (Fsp3) is 0.681. The highest BCUT2D eigenvalue weighted by Gasteiger charge is 2.31. The Hall–Kier alpha value is -5.59. The van der Waals surface area contributed by atoms with Crippen LogP contribution in [0.5, 0.6) is 0 Å². The van der Waals surface area contributed by atoms with Gasteiger partial charge in [0, 0.05) is 32.2 Å². The first kappa shape index (κ1) is 58.4. The summed E-state index contributed by atoms with van der Waals surface area (Å²) in [5.41, 5.74) is 6.20. The summed E-state index contributed by atoms with van der Waals surface area (Å²) >= 11 is 0. The molecule has 0 heterocycles. The third-order valence-electron chi connectivity index (χ3n) is 11.0. The fourth-order valence-electron chi connectivity index (χ4n) is 7.00. The summed E-state index contributed by atoms with van der Waals surface area (Å²) < 4.78 is 0. The van der Waals surface area contributed by atoms with Gasteiger partial charge in [-0.3, -0.25) is 33.6 Å². The third-order valence-corrected chi connectivity index (χ3v) is 11.0. The van der Waals surface area contributed by atoms with E-state index in [1.165, 1.54) is 71.6 Å². The number of nitrogens with one attached hydrogen (secondary N) is 6. The van der Waals surface area contributed by atoms with Crippen molar-refractivity contribution in [3.63, 3.8) is 0 Å². The maximum Gasteiger partial charge on any atom is 0.326 e. The molecule has 19 nitrogen and oxygen atoms in total. The number of carboxylic acids is 3. The molecule has 0 unspecified atom stereocenters. The SMILES string of the molecule is CCCCCCCCCCCCCCCC(=O)N[C@@H](CCC(=O)NCCCC[C@H](NC(=O)[C@H](C)NC(=O)[C@H](C)N)C(=O)N[C@@H](CCC(=O)O)C(=O)N[C@@H](Cc1ccccc1)C(=O)O)C(=O)O. The minimum atomic E-state index is -1.52. The summed E-state index contributed by atoms with van der Waals surface area (Å²) in [4.78, 5) is 113. The van der Waals surface area contributed by atoms with E-state index in [2.05, 4.69) is 38.8 Å². The number of carbonyl (C=O) groups excluding carboxylic acids is 6. The molecule has 1 rings (SSSR count). The van der Waals surface area contributed by atoms with Crippen molar-refractivity contribution in [3.05, 3.63) is 35.9 Å². The number of unbranched alkanes of at least 4 members (excludes halogenated alkanes) is 13. The molecule has 11 N–H and O–H groups in total. The average molecular weight is 932 g/mol. The Labute approximate surface area is 389 Å². The largest absolute Gasteiger partial charge is 0.481 e. The summed E-state index contributed by atoms with van der Waals surface area (Å²) in [6, 6.07) is 0.868. The second kappa shape index (κ2) is 34.7. The van der Waals surface area contributed by atoms with Crippen LogP contribution in [-0.4, -0.2) is 111 Å². The first-order valence-corrected chi connectivity index (χ1v) is 23.7. The molecular formula is C47H77N7O12. The molecule has 0 spiro atoms. The number of nitrogens with two attached hydrogens (primary N) is 1. The molecule has 0 saturated heterocycles. The lowest BCUT2D eigenvalue weighted by molar-refractivity contribution is -0.143. The fourth-order valence-corrected chi connectivity index (χ4v) is 7.00. The van der Waals surface area contributed by atoms with Gasteiger partial charge in [0.25, 0.3) is 0 Å². The van der Waals surface area contributed by atoms with Crippen LogP contribution < -0.4 is 37.6 Å². The van der Waals surface area contributed by atoms with E-state index in [9.17, 15) is 58.5 Å². The van der Waals surface area contributed by atoms with Crippen LogP contribution in [0, 0.1) is 0 Å². The standard InChI is InChI=1S/C47H77N7O12/c1-4-5-6-7-8-9-10-11-12-13-14-15-19-25-40(56)51-37(46(63)64)26-28-39(55)49-30-21-20-24-35(52-43(60)33(3)50-42(59)32(2)48)44(61)53-36(27-29-41(57)58)45(62)54-38(47(65)66)31-34-22-17-16-18-23-34/h16-18,22-23,32-33,35-38H,4-15,19-21,24-31,48H2,1-3H3,(H,49,55)(H,50,59)(H,51,56)(H,52,60)(H,53,61)(H,54,62)(H,57,58)(H,63,64)(H,65,66)/t32-,33-,35-,36-,37-,38-/m0/s1. The van der Waals surface area contributed by atoms with Crippen molar-refractivity contribution in [2.75, 3.05) is 6.54 Å². The average Bonchev–Trinajstić information content (AvgIpc) is 3.27. The maximum atomic E-state index is 13.7. The number of aliphatic carboxylic acids is 3. The van der Waals surface area contributed by atoms with Crippen LogP contribution in [0.4, 0.5) is 0 Å². The molecule has 0 radical (unpaired) electrons. The van der Waals surface area contributed by atoms with E-state index in [0.717, 1.165) is 19.3 Å². The van der Waals surface area contributed by atoms with Crippen molar-refractivity contribution in [2.45, 2.75) is 198 Å². The second-order valence-electron chi connectivity index (χ2n) is 17.0. The van der Waals surface area contributed by atoms with E-state index in [-0.39, 0.29) is 57.4 Å². The zero-order chi connectivity index (χ0) is 49.3.